The van der Waals surface area contributed by atoms with Crippen LogP contribution in [-0.4, -0.2) is 29.9 Å². The van der Waals surface area contributed by atoms with Gasteiger partial charge in [0.25, 0.3) is 11.8 Å². The molecule has 6 nitrogen and oxygen atoms in total. The third-order valence-electron chi connectivity index (χ3n) is 5.65. The summed E-state index contributed by atoms with van der Waals surface area (Å²) in [7, 11) is 0. The molecule has 0 fully saturated rings. The number of aromatic nitrogens is 1. The number of hydrogen-bond donors (Lipinski definition) is 1. The standard InChI is InChI=1S/C26H27N3O3/c1-17(2)19-7-6-18(3)24(14-19)32-16-25(30)28-22-8-9-23-20(13-22)10-12-29(23)26(31)21-5-4-11-27-15-21/h4-9,11,13-15,17H,10,12,16H2,1-3H3,(H,28,30). The minimum absolute atomic E-state index is 0.0644. The lowest BCUT2D eigenvalue weighted by atomic mass is 10.0. The average Bonchev–Trinajstić information content (AvgIpc) is 3.21. The zero-order valence-corrected chi connectivity index (χ0v) is 18.6. The molecule has 0 radical (unpaired) electrons. The maximum absolute atomic E-state index is 12.8. The fraction of sp³-hybridized carbons (Fsp3) is 0.269. The zero-order valence-electron chi connectivity index (χ0n) is 18.6. The van der Waals surface area contributed by atoms with Gasteiger partial charge in [-0.25, -0.2) is 0 Å². The van der Waals surface area contributed by atoms with Gasteiger partial charge in [-0.1, -0.05) is 26.0 Å². The van der Waals surface area contributed by atoms with Crippen LogP contribution in [0.15, 0.2) is 60.9 Å². The molecule has 0 spiro atoms. The van der Waals surface area contributed by atoms with Crippen LogP contribution >= 0.6 is 0 Å². The number of carbonyl (C=O) groups is 2. The molecule has 4 rings (SSSR count). The fourth-order valence-electron chi connectivity index (χ4n) is 3.81. The maximum Gasteiger partial charge on any atom is 0.262 e. The van der Waals surface area contributed by atoms with Gasteiger partial charge in [0.1, 0.15) is 5.75 Å². The van der Waals surface area contributed by atoms with E-state index in [4.69, 9.17) is 4.74 Å². The predicted molar refractivity (Wildman–Crippen MR) is 125 cm³/mol. The highest BCUT2D eigenvalue weighted by Gasteiger charge is 2.26. The number of amides is 2. The monoisotopic (exact) mass is 429 g/mol. The second-order valence-electron chi connectivity index (χ2n) is 8.31. The maximum atomic E-state index is 12.8. The van der Waals surface area contributed by atoms with Gasteiger partial charge in [0.2, 0.25) is 0 Å². The first-order valence-electron chi connectivity index (χ1n) is 10.8. The van der Waals surface area contributed by atoms with Crippen LogP contribution in [0.1, 0.15) is 46.8 Å². The number of hydrogen-bond acceptors (Lipinski definition) is 4. The molecule has 2 aromatic carbocycles. The van der Waals surface area contributed by atoms with Crippen LogP contribution in [0.4, 0.5) is 11.4 Å². The summed E-state index contributed by atoms with van der Waals surface area (Å²) < 4.78 is 5.78. The van der Waals surface area contributed by atoms with E-state index in [-0.39, 0.29) is 18.4 Å². The second-order valence-corrected chi connectivity index (χ2v) is 8.31. The van der Waals surface area contributed by atoms with E-state index in [2.05, 4.69) is 30.2 Å². The Labute approximate surface area is 188 Å². The summed E-state index contributed by atoms with van der Waals surface area (Å²) in [6.07, 6.45) is 3.96. The number of carbonyl (C=O) groups excluding carboxylic acids is 2. The Morgan fingerprint density at radius 3 is 2.75 bits per heavy atom. The highest BCUT2D eigenvalue weighted by Crippen LogP contribution is 2.31. The zero-order chi connectivity index (χ0) is 22.7. The second kappa shape index (κ2) is 9.22. The molecule has 2 amide bonds. The van der Waals surface area contributed by atoms with Crippen molar-refractivity contribution in [3.05, 3.63) is 83.2 Å². The number of benzene rings is 2. The van der Waals surface area contributed by atoms with Crippen LogP contribution in [0.2, 0.25) is 0 Å². The highest BCUT2D eigenvalue weighted by molar-refractivity contribution is 6.07. The Balaban J connectivity index is 1.39. The molecule has 1 aromatic heterocycles. The molecule has 0 bridgehead atoms. The van der Waals surface area contributed by atoms with Gasteiger partial charge in [0, 0.05) is 30.3 Å². The van der Waals surface area contributed by atoms with Crippen molar-refractivity contribution in [2.75, 3.05) is 23.4 Å². The molecule has 1 aliphatic rings. The quantitative estimate of drug-likeness (QED) is 0.615. The number of rotatable bonds is 6. The topological polar surface area (TPSA) is 71.5 Å². The van der Waals surface area contributed by atoms with Crippen LogP contribution < -0.4 is 15.0 Å². The van der Waals surface area contributed by atoms with E-state index in [1.165, 1.54) is 5.56 Å². The number of nitrogens with one attached hydrogen (secondary N) is 1. The number of aryl methyl sites for hydroxylation is 1. The molecular formula is C26H27N3O3. The molecule has 6 heteroatoms. The number of pyridine rings is 1. The number of ether oxygens (including phenoxy) is 1. The highest BCUT2D eigenvalue weighted by atomic mass is 16.5. The molecule has 2 heterocycles. The molecule has 0 saturated heterocycles. The Morgan fingerprint density at radius 2 is 2.00 bits per heavy atom. The van der Waals surface area contributed by atoms with Gasteiger partial charge >= 0.3 is 0 Å². The Hall–Kier alpha value is -3.67. The minimum Gasteiger partial charge on any atom is -0.483 e. The van der Waals surface area contributed by atoms with Crippen molar-refractivity contribution in [2.45, 2.75) is 33.1 Å². The molecule has 0 atom stereocenters. The summed E-state index contributed by atoms with van der Waals surface area (Å²) >= 11 is 0. The van der Waals surface area contributed by atoms with Crippen molar-refractivity contribution >= 4 is 23.2 Å². The molecule has 1 aliphatic heterocycles. The summed E-state index contributed by atoms with van der Waals surface area (Å²) in [4.78, 5) is 31.0. The summed E-state index contributed by atoms with van der Waals surface area (Å²) in [6.45, 7) is 6.76. The van der Waals surface area contributed by atoms with Gasteiger partial charge in [-0.2, -0.15) is 0 Å². The van der Waals surface area contributed by atoms with Gasteiger partial charge in [0.15, 0.2) is 6.61 Å². The number of nitrogens with zero attached hydrogens (tertiary/aromatic N) is 2. The largest absolute Gasteiger partial charge is 0.483 e. The van der Waals surface area contributed by atoms with E-state index >= 15 is 0 Å². The smallest absolute Gasteiger partial charge is 0.262 e. The third-order valence-corrected chi connectivity index (χ3v) is 5.65. The minimum atomic E-state index is -0.222. The van der Waals surface area contributed by atoms with Crippen LogP contribution in [0, 0.1) is 6.92 Å². The Bertz CT molecular complexity index is 1140. The third kappa shape index (κ3) is 4.64. The van der Waals surface area contributed by atoms with Crippen molar-refractivity contribution in [3.63, 3.8) is 0 Å². The van der Waals surface area contributed by atoms with Crippen LogP contribution in [-0.2, 0) is 11.2 Å². The first-order chi connectivity index (χ1) is 15.4. The normalized spacial score (nSPS) is 12.6. The average molecular weight is 430 g/mol. The van der Waals surface area contributed by atoms with E-state index in [1.807, 2.05) is 37.3 Å². The fourth-order valence-corrected chi connectivity index (χ4v) is 3.81. The summed E-state index contributed by atoms with van der Waals surface area (Å²) in [5, 5.41) is 2.90. The van der Waals surface area contributed by atoms with Crippen molar-refractivity contribution < 1.29 is 14.3 Å². The molecule has 0 unspecified atom stereocenters. The van der Waals surface area contributed by atoms with Gasteiger partial charge in [-0.15, -0.1) is 0 Å². The van der Waals surface area contributed by atoms with Crippen LogP contribution in [0.25, 0.3) is 0 Å². The van der Waals surface area contributed by atoms with E-state index in [9.17, 15) is 9.59 Å². The molecule has 0 aliphatic carbocycles. The Morgan fingerprint density at radius 1 is 1.16 bits per heavy atom. The van der Waals surface area contributed by atoms with E-state index in [0.29, 0.717) is 23.7 Å². The van der Waals surface area contributed by atoms with Crippen LogP contribution in [0.5, 0.6) is 5.75 Å². The van der Waals surface area contributed by atoms with E-state index in [0.717, 1.165) is 29.0 Å². The first kappa shape index (κ1) is 21.6. The van der Waals surface area contributed by atoms with E-state index in [1.54, 1.807) is 29.4 Å². The molecule has 1 N–H and O–H groups in total. The summed E-state index contributed by atoms with van der Waals surface area (Å²) in [5.41, 5.74) is 5.33. The molecule has 164 valence electrons. The van der Waals surface area contributed by atoms with E-state index < -0.39 is 0 Å². The first-order valence-corrected chi connectivity index (χ1v) is 10.8. The lowest BCUT2D eigenvalue weighted by molar-refractivity contribution is -0.118. The molecule has 32 heavy (non-hydrogen) atoms. The summed E-state index contributed by atoms with van der Waals surface area (Å²) in [6, 6.07) is 15.2. The molecule has 0 saturated carbocycles. The van der Waals surface area contributed by atoms with Crippen LogP contribution in [0.3, 0.4) is 0 Å². The van der Waals surface area contributed by atoms with Gasteiger partial charge in [-0.3, -0.25) is 14.6 Å². The van der Waals surface area contributed by atoms with Crippen molar-refractivity contribution in [1.29, 1.82) is 0 Å². The van der Waals surface area contributed by atoms with Gasteiger partial charge in [-0.05, 0) is 72.4 Å². The SMILES string of the molecule is Cc1ccc(C(C)C)cc1OCC(=O)Nc1ccc2c(c1)CCN2C(=O)c1cccnc1. The predicted octanol–water partition coefficient (Wildman–Crippen LogP) is 4.73. The van der Waals surface area contributed by atoms with Crippen molar-refractivity contribution in [3.8, 4) is 5.75 Å². The lowest BCUT2D eigenvalue weighted by Crippen LogP contribution is -2.28. The number of fused-ring (bicyclic) bond motifs is 1. The molecule has 3 aromatic rings. The van der Waals surface area contributed by atoms with Crippen molar-refractivity contribution in [1.82, 2.24) is 4.98 Å². The van der Waals surface area contributed by atoms with Gasteiger partial charge < -0.3 is 15.0 Å². The number of anilines is 2. The lowest BCUT2D eigenvalue weighted by Gasteiger charge is -2.17. The molecular weight excluding hydrogens is 402 g/mol. The Kier molecular flexibility index (Phi) is 6.21. The summed E-state index contributed by atoms with van der Waals surface area (Å²) in [5.74, 6) is 0.828. The van der Waals surface area contributed by atoms with Gasteiger partial charge in [0.05, 0.1) is 5.56 Å². The van der Waals surface area contributed by atoms with Crippen molar-refractivity contribution in [2.24, 2.45) is 0 Å².